The highest BCUT2D eigenvalue weighted by molar-refractivity contribution is 7.21. The molecule has 1 atom stereocenters. The van der Waals surface area contributed by atoms with E-state index < -0.39 is 0 Å². The summed E-state index contributed by atoms with van der Waals surface area (Å²) in [7, 11) is 0. The van der Waals surface area contributed by atoms with E-state index in [1.54, 1.807) is 0 Å². The molecule has 0 spiro atoms. The molecule has 0 aliphatic heterocycles. The lowest BCUT2D eigenvalue weighted by molar-refractivity contribution is 0.103. The third-order valence-corrected chi connectivity index (χ3v) is 7.50. The van der Waals surface area contributed by atoms with Gasteiger partial charge in [-0.25, -0.2) is 4.98 Å². The van der Waals surface area contributed by atoms with Crippen molar-refractivity contribution in [3.05, 3.63) is 38.7 Å². The maximum atomic E-state index is 12.9. The number of anilines is 2. The second-order valence-electron chi connectivity index (χ2n) is 7.37. The van der Waals surface area contributed by atoms with Crippen molar-refractivity contribution < 1.29 is 4.79 Å². The summed E-state index contributed by atoms with van der Waals surface area (Å²) < 4.78 is 0. The average Bonchev–Trinajstić information content (AvgIpc) is 3.18. The Hall–Kier alpha value is -2.43. The number of nitrogen functional groups attached to an aromatic ring is 1. The van der Waals surface area contributed by atoms with Gasteiger partial charge in [0.2, 0.25) is 0 Å². The second kappa shape index (κ2) is 7.53. The molecule has 3 aromatic heterocycles. The van der Waals surface area contributed by atoms with Gasteiger partial charge in [0.25, 0.3) is 5.91 Å². The van der Waals surface area contributed by atoms with Crippen molar-refractivity contribution >= 4 is 49.5 Å². The molecule has 7 heteroatoms. The molecule has 28 heavy (non-hydrogen) atoms. The van der Waals surface area contributed by atoms with Gasteiger partial charge in [-0.1, -0.05) is 20.3 Å². The summed E-state index contributed by atoms with van der Waals surface area (Å²) in [6.07, 6.45) is 4.88. The van der Waals surface area contributed by atoms with Crippen LogP contribution in [0.5, 0.6) is 0 Å². The summed E-state index contributed by atoms with van der Waals surface area (Å²) in [6, 6.07) is 6.21. The standard InChI is InChI=1S/C21H22N4OS2/c1-3-4-12-6-8-14-17(23)18(28-20(14)24-12)19(26)25-21-15(10-22)13-7-5-11(2)9-16(13)27-21/h6,8,11H,3-5,7,9,23H2,1-2H3,(H,25,26). The second-order valence-corrected chi connectivity index (χ2v) is 9.48. The predicted octanol–water partition coefficient (Wildman–Crippen LogP) is 5.14. The molecule has 5 nitrogen and oxygen atoms in total. The SMILES string of the molecule is CCCc1ccc2c(N)c(C(=O)Nc3sc4c(c3C#N)CCC(C)C4)sc2n1. The van der Waals surface area contributed by atoms with Crippen LogP contribution in [0.2, 0.25) is 0 Å². The van der Waals surface area contributed by atoms with Crippen molar-refractivity contribution in [2.45, 2.75) is 46.0 Å². The number of fused-ring (bicyclic) bond motifs is 2. The van der Waals surface area contributed by atoms with E-state index in [4.69, 9.17) is 5.73 Å². The van der Waals surface area contributed by atoms with Crippen molar-refractivity contribution in [1.29, 1.82) is 5.26 Å². The van der Waals surface area contributed by atoms with Crippen LogP contribution in [0.4, 0.5) is 10.7 Å². The lowest BCUT2D eigenvalue weighted by Crippen LogP contribution is -2.12. The molecular weight excluding hydrogens is 388 g/mol. The third kappa shape index (κ3) is 3.27. The number of carbonyl (C=O) groups excluding carboxylic acids is 1. The van der Waals surface area contributed by atoms with E-state index in [9.17, 15) is 10.1 Å². The molecule has 0 aromatic carbocycles. The van der Waals surface area contributed by atoms with Crippen LogP contribution in [-0.2, 0) is 19.3 Å². The van der Waals surface area contributed by atoms with Gasteiger partial charge in [0.15, 0.2) is 0 Å². The first-order valence-electron chi connectivity index (χ1n) is 9.55. The van der Waals surface area contributed by atoms with Crippen LogP contribution in [0.1, 0.15) is 58.1 Å². The zero-order valence-electron chi connectivity index (χ0n) is 16.0. The van der Waals surface area contributed by atoms with Crippen molar-refractivity contribution in [2.24, 2.45) is 5.92 Å². The topological polar surface area (TPSA) is 91.8 Å². The van der Waals surface area contributed by atoms with Crippen LogP contribution in [0.3, 0.4) is 0 Å². The fraction of sp³-hybridized carbons (Fsp3) is 0.381. The summed E-state index contributed by atoms with van der Waals surface area (Å²) in [5.74, 6) is 0.351. The Morgan fingerprint density at radius 1 is 1.43 bits per heavy atom. The highest BCUT2D eigenvalue weighted by Crippen LogP contribution is 2.40. The van der Waals surface area contributed by atoms with Crippen molar-refractivity contribution in [2.75, 3.05) is 11.1 Å². The number of nitrogens with one attached hydrogen (secondary N) is 1. The van der Waals surface area contributed by atoms with Gasteiger partial charge in [0.05, 0.1) is 11.3 Å². The van der Waals surface area contributed by atoms with Gasteiger partial charge in [0.1, 0.15) is 20.8 Å². The van der Waals surface area contributed by atoms with Gasteiger partial charge in [-0.05, 0) is 49.3 Å². The van der Waals surface area contributed by atoms with E-state index in [0.29, 0.717) is 27.0 Å². The fourth-order valence-electron chi connectivity index (χ4n) is 3.72. The molecular formula is C21H22N4OS2. The molecule has 1 amide bonds. The first-order valence-corrected chi connectivity index (χ1v) is 11.2. The summed E-state index contributed by atoms with van der Waals surface area (Å²) in [5, 5.41) is 14.0. The molecule has 0 fully saturated rings. The third-order valence-electron chi connectivity index (χ3n) is 5.21. The number of aromatic nitrogens is 1. The van der Waals surface area contributed by atoms with Crippen LogP contribution in [-0.4, -0.2) is 10.9 Å². The molecule has 0 saturated heterocycles. The summed E-state index contributed by atoms with van der Waals surface area (Å²) in [6.45, 7) is 4.34. The van der Waals surface area contributed by atoms with Crippen LogP contribution in [0.15, 0.2) is 12.1 Å². The van der Waals surface area contributed by atoms with E-state index >= 15 is 0 Å². The number of hydrogen-bond acceptors (Lipinski definition) is 6. The molecule has 3 aromatic rings. The fourth-order valence-corrected chi connectivity index (χ4v) is 6.08. The van der Waals surface area contributed by atoms with E-state index in [1.807, 2.05) is 12.1 Å². The van der Waals surface area contributed by atoms with Crippen molar-refractivity contribution in [3.8, 4) is 6.07 Å². The summed E-state index contributed by atoms with van der Waals surface area (Å²) in [4.78, 5) is 20.1. The van der Waals surface area contributed by atoms with Gasteiger partial charge in [-0.2, -0.15) is 5.26 Å². The molecule has 0 radical (unpaired) electrons. The normalized spacial score (nSPS) is 16.0. The van der Waals surface area contributed by atoms with Crippen LogP contribution < -0.4 is 11.1 Å². The van der Waals surface area contributed by atoms with Gasteiger partial charge in [-0.15, -0.1) is 22.7 Å². The van der Waals surface area contributed by atoms with Gasteiger partial charge in [-0.3, -0.25) is 4.79 Å². The Morgan fingerprint density at radius 3 is 3.00 bits per heavy atom. The molecule has 144 valence electrons. The highest BCUT2D eigenvalue weighted by Gasteiger charge is 2.26. The first-order chi connectivity index (χ1) is 13.5. The quantitative estimate of drug-likeness (QED) is 0.623. The number of thiophene rings is 2. The largest absolute Gasteiger partial charge is 0.397 e. The zero-order chi connectivity index (χ0) is 19.8. The molecule has 0 bridgehead atoms. The molecule has 3 heterocycles. The molecule has 4 rings (SSSR count). The number of aryl methyl sites for hydroxylation is 1. The molecule has 3 N–H and O–H groups in total. The Balaban J connectivity index is 1.66. The highest BCUT2D eigenvalue weighted by atomic mass is 32.1. The maximum Gasteiger partial charge on any atom is 0.268 e. The van der Waals surface area contributed by atoms with Gasteiger partial charge < -0.3 is 11.1 Å². The van der Waals surface area contributed by atoms with Gasteiger partial charge in [0, 0.05) is 16.0 Å². The lowest BCUT2D eigenvalue weighted by Gasteiger charge is -2.17. The number of pyridine rings is 1. The number of rotatable bonds is 4. The zero-order valence-corrected chi connectivity index (χ0v) is 17.6. The van der Waals surface area contributed by atoms with E-state index in [2.05, 4.69) is 30.2 Å². The number of nitriles is 1. The van der Waals surface area contributed by atoms with Gasteiger partial charge >= 0.3 is 0 Å². The number of carbonyl (C=O) groups is 1. The van der Waals surface area contributed by atoms with Crippen LogP contribution in [0.25, 0.3) is 10.2 Å². The van der Waals surface area contributed by atoms with Crippen molar-refractivity contribution in [3.63, 3.8) is 0 Å². The van der Waals surface area contributed by atoms with E-state index in [-0.39, 0.29) is 5.91 Å². The van der Waals surface area contributed by atoms with Crippen LogP contribution >= 0.6 is 22.7 Å². The first kappa shape index (κ1) is 18.9. The van der Waals surface area contributed by atoms with Crippen molar-refractivity contribution in [1.82, 2.24) is 4.98 Å². The monoisotopic (exact) mass is 410 g/mol. The number of nitrogens with zero attached hydrogens (tertiary/aromatic N) is 2. The van der Waals surface area contributed by atoms with Crippen LogP contribution in [0, 0.1) is 17.2 Å². The minimum absolute atomic E-state index is 0.263. The smallest absolute Gasteiger partial charge is 0.268 e. The predicted molar refractivity (Wildman–Crippen MR) is 116 cm³/mol. The average molecular weight is 411 g/mol. The number of nitrogens with two attached hydrogens (primary N) is 1. The Kier molecular flexibility index (Phi) is 5.09. The number of hydrogen-bond donors (Lipinski definition) is 2. The molecule has 0 saturated carbocycles. The molecule has 1 aliphatic rings. The lowest BCUT2D eigenvalue weighted by atomic mass is 9.89. The molecule has 1 unspecified atom stereocenters. The Bertz CT molecular complexity index is 1110. The number of amides is 1. The molecule has 1 aliphatic carbocycles. The van der Waals surface area contributed by atoms with E-state index in [1.165, 1.54) is 27.6 Å². The maximum absolute atomic E-state index is 12.9. The summed E-state index contributed by atoms with van der Waals surface area (Å²) in [5.41, 5.74) is 9.44. The summed E-state index contributed by atoms with van der Waals surface area (Å²) >= 11 is 2.84. The minimum Gasteiger partial charge on any atom is -0.397 e. The Morgan fingerprint density at radius 2 is 2.25 bits per heavy atom. The Labute approximate surface area is 172 Å². The minimum atomic E-state index is -0.263. The van der Waals surface area contributed by atoms with E-state index in [0.717, 1.165) is 53.6 Å².